The lowest BCUT2D eigenvalue weighted by Crippen LogP contribution is -2.32. The number of halogens is 1. The number of carbonyl (C=O) groups excluding carboxylic acids is 1. The number of nitrogens with zero attached hydrogens (tertiary/aromatic N) is 2. The molecule has 0 unspecified atom stereocenters. The number of amides is 1. The van der Waals surface area contributed by atoms with Crippen molar-refractivity contribution in [2.24, 2.45) is 0 Å². The minimum absolute atomic E-state index is 0.0255. The van der Waals surface area contributed by atoms with E-state index in [1.165, 1.54) is 17.0 Å². The zero-order valence-electron chi connectivity index (χ0n) is 11.9. The fourth-order valence-electron chi connectivity index (χ4n) is 1.75. The predicted molar refractivity (Wildman–Crippen MR) is 76.8 cm³/mol. The van der Waals surface area contributed by atoms with E-state index in [1.807, 2.05) is 6.07 Å². The summed E-state index contributed by atoms with van der Waals surface area (Å²) >= 11 is 0. The number of carbonyl (C=O) groups is 1. The van der Waals surface area contributed by atoms with Gasteiger partial charge in [0.2, 0.25) is 0 Å². The van der Waals surface area contributed by atoms with Crippen LogP contribution in [0.4, 0.5) is 4.39 Å². The molecule has 4 nitrogen and oxygen atoms in total. The maximum Gasteiger partial charge on any atom is 0.256 e. The Hall–Kier alpha value is -2.37. The highest BCUT2D eigenvalue weighted by atomic mass is 19.1. The molecule has 110 valence electrons. The standard InChI is InChI=1S/C16H17FN2O2/c1-2-19(10-5-9-18)16(21)14-8-7-13(12-15(14)17)6-3-4-11-20/h7-8,12,20H,2,4-5,10-11H2,1H3. The molecule has 5 heteroatoms. The van der Waals surface area contributed by atoms with Crippen LogP contribution in [-0.2, 0) is 0 Å². The minimum Gasteiger partial charge on any atom is -0.395 e. The van der Waals surface area contributed by atoms with Gasteiger partial charge >= 0.3 is 0 Å². The zero-order valence-corrected chi connectivity index (χ0v) is 11.9. The smallest absolute Gasteiger partial charge is 0.256 e. The molecule has 0 aliphatic carbocycles. The Bertz CT molecular complexity index is 597. The topological polar surface area (TPSA) is 64.3 Å². The van der Waals surface area contributed by atoms with Crippen molar-refractivity contribution in [2.75, 3.05) is 19.7 Å². The van der Waals surface area contributed by atoms with Crippen LogP contribution in [0.25, 0.3) is 0 Å². The van der Waals surface area contributed by atoms with Crippen LogP contribution in [0.15, 0.2) is 18.2 Å². The third-order valence-corrected chi connectivity index (χ3v) is 2.83. The van der Waals surface area contributed by atoms with Crippen LogP contribution in [0.2, 0.25) is 0 Å². The lowest BCUT2D eigenvalue weighted by Gasteiger charge is -2.19. The molecule has 0 saturated carbocycles. The molecular formula is C16H17FN2O2. The number of aliphatic hydroxyl groups excluding tert-OH is 1. The molecule has 0 radical (unpaired) electrons. The predicted octanol–water partition coefficient (Wildman–Crippen LogP) is 1.94. The first-order valence-corrected chi connectivity index (χ1v) is 6.69. The lowest BCUT2D eigenvalue weighted by atomic mass is 10.1. The summed E-state index contributed by atoms with van der Waals surface area (Å²) in [5, 5.41) is 17.2. The van der Waals surface area contributed by atoms with Gasteiger partial charge in [0.1, 0.15) is 5.82 Å². The monoisotopic (exact) mass is 288 g/mol. The summed E-state index contributed by atoms with van der Waals surface area (Å²) in [4.78, 5) is 13.6. The van der Waals surface area contributed by atoms with E-state index in [0.29, 0.717) is 18.5 Å². The van der Waals surface area contributed by atoms with E-state index in [2.05, 4.69) is 11.8 Å². The molecule has 21 heavy (non-hydrogen) atoms. The molecule has 0 spiro atoms. The number of nitriles is 1. The number of hydrogen-bond donors (Lipinski definition) is 1. The van der Waals surface area contributed by atoms with E-state index < -0.39 is 11.7 Å². The second kappa shape index (κ2) is 8.73. The van der Waals surface area contributed by atoms with Crippen LogP contribution in [-0.4, -0.2) is 35.6 Å². The van der Waals surface area contributed by atoms with Crippen molar-refractivity contribution in [3.63, 3.8) is 0 Å². The van der Waals surface area contributed by atoms with Gasteiger partial charge in [-0.05, 0) is 25.1 Å². The number of aliphatic hydroxyl groups is 1. The Kier molecular flexibility index (Phi) is 6.94. The van der Waals surface area contributed by atoms with Crippen LogP contribution in [0.5, 0.6) is 0 Å². The number of hydrogen-bond acceptors (Lipinski definition) is 3. The van der Waals surface area contributed by atoms with Crippen molar-refractivity contribution in [1.29, 1.82) is 5.26 Å². The van der Waals surface area contributed by atoms with Crippen LogP contribution in [0.3, 0.4) is 0 Å². The average molecular weight is 288 g/mol. The van der Waals surface area contributed by atoms with Gasteiger partial charge in [-0.3, -0.25) is 4.79 Å². The van der Waals surface area contributed by atoms with Crippen molar-refractivity contribution in [1.82, 2.24) is 4.90 Å². The molecule has 0 fully saturated rings. The van der Waals surface area contributed by atoms with Gasteiger partial charge in [-0.2, -0.15) is 5.26 Å². The quantitative estimate of drug-likeness (QED) is 0.842. The van der Waals surface area contributed by atoms with Gasteiger partial charge in [0.25, 0.3) is 5.91 Å². The van der Waals surface area contributed by atoms with Crippen molar-refractivity contribution >= 4 is 5.91 Å². The summed E-state index contributed by atoms with van der Waals surface area (Å²) in [5.74, 6) is 4.34. The fourth-order valence-corrected chi connectivity index (χ4v) is 1.75. The first-order valence-electron chi connectivity index (χ1n) is 6.69. The number of rotatable bonds is 5. The second-order valence-electron chi connectivity index (χ2n) is 4.26. The van der Waals surface area contributed by atoms with E-state index in [0.717, 1.165) is 0 Å². The molecule has 1 N–H and O–H groups in total. The fraction of sp³-hybridized carbons (Fsp3) is 0.375. The van der Waals surface area contributed by atoms with E-state index in [-0.39, 0.29) is 25.1 Å². The van der Waals surface area contributed by atoms with Crippen LogP contribution < -0.4 is 0 Å². The summed E-state index contributed by atoms with van der Waals surface area (Å²) < 4.78 is 14.0. The van der Waals surface area contributed by atoms with Gasteiger partial charge in [-0.15, -0.1) is 0 Å². The van der Waals surface area contributed by atoms with Gasteiger partial charge in [0, 0.05) is 25.1 Å². The van der Waals surface area contributed by atoms with Crippen LogP contribution in [0, 0.1) is 29.0 Å². The van der Waals surface area contributed by atoms with Gasteiger partial charge in [0.15, 0.2) is 0 Å². The minimum atomic E-state index is -0.633. The summed E-state index contributed by atoms with van der Waals surface area (Å²) in [5.41, 5.74) is 0.431. The van der Waals surface area contributed by atoms with Gasteiger partial charge in [-0.25, -0.2) is 4.39 Å². The molecule has 1 amide bonds. The molecule has 0 saturated heterocycles. The van der Waals surface area contributed by atoms with Crippen molar-refractivity contribution in [3.8, 4) is 17.9 Å². The van der Waals surface area contributed by atoms with E-state index in [4.69, 9.17) is 10.4 Å². The molecule has 0 bridgehead atoms. The molecule has 0 heterocycles. The molecule has 0 aliphatic heterocycles. The summed E-state index contributed by atoms with van der Waals surface area (Å²) in [6.07, 6.45) is 0.534. The molecule has 1 rings (SSSR count). The van der Waals surface area contributed by atoms with Crippen LogP contribution in [0.1, 0.15) is 35.7 Å². The maximum absolute atomic E-state index is 14.0. The molecule has 1 aromatic rings. The van der Waals surface area contributed by atoms with Gasteiger partial charge in [-0.1, -0.05) is 11.8 Å². The Morgan fingerprint density at radius 1 is 1.43 bits per heavy atom. The van der Waals surface area contributed by atoms with Crippen molar-refractivity contribution in [2.45, 2.75) is 19.8 Å². The zero-order chi connectivity index (χ0) is 15.7. The van der Waals surface area contributed by atoms with Crippen LogP contribution >= 0.6 is 0 Å². The Morgan fingerprint density at radius 2 is 2.19 bits per heavy atom. The number of benzene rings is 1. The third-order valence-electron chi connectivity index (χ3n) is 2.83. The van der Waals surface area contributed by atoms with E-state index >= 15 is 0 Å². The summed E-state index contributed by atoms with van der Waals surface area (Å²) in [6.45, 7) is 2.43. The Labute approximate surface area is 123 Å². The van der Waals surface area contributed by atoms with E-state index in [1.54, 1.807) is 13.0 Å². The van der Waals surface area contributed by atoms with Crippen molar-refractivity contribution in [3.05, 3.63) is 35.1 Å². The third kappa shape index (κ3) is 4.91. The van der Waals surface area contributed by atoms with Gasteiger partial charge in [0.05, 0.1) is 24.7 Å². The molecule has 0 aliphatic rings. The van der Waals surface area contributed by atoms with Gasteiger partial charge < -0.3 is 10.0 Å². The lowest BCUT2D eigenvalue weighted by molar-refractivity contribution is 0.0763. The molecular weight excluding hydrogens is 271 g/mol. The second-order valence-corrected chi connectivity index (χ2v) is 4.26. The largest absolute Gasteiger partial charge is 0.395 e. The molecule has 0 aromatic heterocycles. The maximum atomic E-state index is 14.0. The summed E-state index contributed by atoms with van der Waals surface area (Å²) in [6, 6.07) is 6.14. The SMILES string of the molecule is CCN(CCC#N)C(=O)c1ccc(C#CCCO)cc1F. The molecule has 1 aromatic carbocycles. The summed E-state index contributed by atoms with van der Waals surface area (Å²) in [7, 11) is 0. The highest BCUT2D eigenvalue weighted by Gasteiger charge is 2.17. The van der Waals surface area contributed by atoms with E-state index in [9.17, 15) is 9.18 Å². The highest BCUT2D eigenvalue weighted by molar-refractivity contribution is 5.94. The first kappa shape index (κ1) is 16.7. The normalized spacial score (nSPS) is 9.43. The molecule has 0 atom stereocenters. The Balaban J connectivity index is 2.91. The first-order chi connectivity index (χ1) is 10.1. The van der Waals surface area contributed by atoms with Crippen molar-refractivity contribution < 1.29 is 14.3 Å². The average Bonchev–Trinajstić information content (AvgIpc) is 2.48. The highest BCUT2D eigenvalue weighted by Crippen LogP contribution is 2.13. The Morgan fingerprint density at radius 3 is 2.76 bits per heavy atom.